The Bertz CT molecular complexity index is 737. The topological polar surface area (TPSA) is 52.0 Å². The zero-order valence-corrected chi connectivity index (χ0v) is 15.5. The van der Waals surface area contributed by atoms with Gasteiger partial charge in [0.25, 0.3) is 5.91 Å². The molecule has 1 amide bonds. The van der Waals surface area contributed by atoms with Gasteiger partial charge in [0.1, 0.15) is 12.4 Å². The number of anilines is 1. The number of amides is 1. The first-order valence-corrected chi connectivity index (χ1v) is 8.77. The summed E-state index contributed by atoms with van der Waals surface area (Å²) in [4.78, 5) is 13.2. The second-order valence-corrected chi connectivity index (χ2v) is 5.98. The van der Waals surface area contributed by atoms with E-state index in [2.05, 4.69) is 5.32 Å². The summed E-state index contributed by atoms with van der Waals surface area (Å²) in [6.45, 7) is 5.50. The summed E-state index contributed by atoms with van der Waals surface area (Å²) in [5.41, 5.74) is 1.23. The van der Waals surface area contributed by atoms with Crippen LogP contribution in [0.5, 0.6) is 11.5 Å². The Morgan fingerprint density at radius 3 is 2.46 bits per heavy atom. The van der Waals surface area contributed by atoms with Crippen LogP contribution in [0, 0.1) is 5.82 Å². The Labute approximate surface area is 153 Å². The smallest absolute Gasteiger partial charge is 0.279 e. The molecular formula is C20H26FN2O3+. The van der Waals surface area contributed by atoms with Crippen molar-refractivity contribution in [3.63, 3.8) is 0 Å². The second-order valence-electron chi connectivity index (χ2n) is 5.98. The molecule has 0 aromatic heterocycles. The van der Waals surface area contributed by atoms with Crippen LogP contribution >= 0.6 is 0 Å². The lowest BCUT2D eigenvalue weighted by Gasteiger charge is -2.15. The van der Waals surface area contributed by atoms with Crippen molar-refractivity contribution in [2.24, 2.45) is 0 Å². The number of benzene rings is 2. The highest BCUT2D eigenvalue weighted by Gasteiger charge is 2.14. The molecule has 2 aromatic rings. The summed E-state index contributed by atoms with van der Waals surface area (Å²) in [7, 11) is 1.86. The molecule has 0 radical (unpaired) electrons. The second kappa shape index (κ2) is 9.77. The molecule has 0 fully saturated rings. The predicted octanol–water partition coefficient (Wildman–Crippen LogP) is 2.28. The van der Waals surface area contributed by atoms with Gasteiger partial charge in [0, 0.05) is 17.3 Å². The fourth-order valence-corrected chi connectivity index (χ4v) is 2.64. The molecule has 2 aromatic carbocycles. The van der Waals surface area contributed by atoms with E-state index in [4.69, 9.17) is 9.47 Å². The van der Waals surface area contributed by atoms with Gasteiger partial charge < -0.3 is 19.7 Å². The molecule has 0 aliphatic heterocycles. The maximum Gasteiger partial charge on any atom is 0.279 e. The lowest BCUT2D eigenvalue weighted by atomic mass is 10.2. The summed E-state index contributed by atoms with van der Waals surface area (Å²) >= 11 is 0. The van der Waals surface area contributed by atoms with Gasteiger partial charge in [0.2, 0.25) is 0 Å². The maximum atomic E-state index is 13.7. The van der Waals surface area contributed by atoms with Gasteiger partial charge in [-0.3, -0.25) is 4.79 Å². The average Bonchev–Trinajstić information content (AvgIpc) is 2.59. The van der Waals surface area contributed by atoms with Crippen LogP contribution < -0.4 is 19.7 Å². The van der Waals surface area contributed by atoms with Crippen molar-refractivity contribution in [3.05, 3.63) is 53.8 Å². The van der Waals surface area contributed by atoms with E-state index < -0.39 is 0 Å². The monoisotopic (exact) mass is 361 g/mol. The minimum Gasteiger partial charge on any atom is -0.490 e. The lowest BCUT2D eigenvalue weighted by molar-refractivity contribution is -0.885. The number of carbonyl (C=O) groups is 1. The van der Waals surface area contributed by atoms with E-state index in [1.165, 1.54) is 6.07 Å². The van der Waals surface area contributed by atoms with Crippen LogP contribution in [0.1, 0.15) is 19.4 Å². The Morgan fingerprint density at radius 1 is 1.08 bits per heavy atom. The summed E-state index contributed by atoms with van der Waals surface area (Å²) in [5, 5.41) is 2.85. The molecule has 26 heavy (non-hydrogen) atoms. The number of likely N-dealkylation sites (N-methyl/N-ethyl adjacent to an activating group) is 1. The molecule has 0 heterocycles. The molecule has 0 aliphatic carbocycles. The third kappa shape index (κ3) is 5.74. The average molecular weight is 361 g/mol. The molecule has 2 N–H and O–H groups in total. The van der Waals surface area contributed by atoms with E-state index in [0.29, 0.717) is 42.5 Å². The molecule has 2 rings (SSSR count). The third-order valence-corrected chi connectivity index (χ3v) is 3.74. The molecule has 0 saturated heterocycles. The highest BCUT2D eigenvalue weighted by atomic mass is 19.1. The molecule has 1 unspecified atom stereocenters. The maximum absolute atomic E-state index is 13.7. The number of ether oxygens (including phenoxy) is 2. The van der Waals surface area contributed by atoms with Crippen LogP contribution in [-0.2, 0) is 11.3 Å². The van der Waals surface area contributed by atoms with Crippen molar-refractivity contribution in [3.8, 4) is 11.5 Å². The van der Waals surface area contributed by atoms with E-state index in [9.17, 15) is 9.18 Å². The van der Waals surface area contributed by atoms with Gasteiger partial charge in [0.05, 0.1) is 20.3 Å². The normalized spacial score (nSPS) is 11.7. The van der Waals surface area contributed by atoms with Gasteiger partial charge >= 0.3 is 0 Å². The SMILES string of the molecule is CCOc1ccc(NC(=O)C[NH+](C)Cc2ccccc2F)cc1OCC. The van der Waals surface area contributed by atoms with Crippen LogP contribution in [0.3, 0.4) is 0 Å². The van der Waals surface area contributed by atoms with Crippen molar-refractivity contribution in [1.82, 2.24) is 0 Å². The Balaban J connectivity index is 1.96. The molecule has 6 heteroatoms. The fraction of sp³-hybridized carbons (Fsp3) is 0.350. The summed E-state index contributed by atoms with van der Waals surface area (Å²) in [5.74, 6) is 0.847. The van der Waals surface area contributed by atoms with Crippen molar-refractivity contribution < 1.29 is 23.6 Å². The molecule has 0 aliphatic rings. The highest BCUT2D eigenvalue weighted by molar-refractivity contribution is 5.91. The van der Waals surface area contributed by atoms with Gasteiger partial charge in [-0.25, -0.2) is 4.39 Å². The molecule has 0 bridgehead atoms. The molecular weight excluding hydrogens is 335 g/mol. The van der Waals surface area contributed by atoms with Crippen molar-refractivity contribution in [2.45, 2.75) is 20.4 Å². The quantitative estimate of drug-likeness (QED) is 0.720. The van der Waals surface area contributed by atoms with Crippen molar-refractivity contribution in [1.29, 1.82) is 0 Å². The van der Waals surface area contributed by atoms with Crippen LogP contribution in [0.2, 0.25) is 0 Å². The predicted molar refractivity (Wildman–Crippen MR) is 99.3 cm³/mol. The number of halogens is 1. The Morgan fingerprint density at radius 2 is 1.77 bits per heavy atom. The van der Waals surface area contributed by atoms with Crippen LogP contribution in [0.4, 0.5) is 10.1 Å². The zero-order chi connectivity index (χ0) is 18.9. The minimum absolute atomic E-state index is 0.148. The third-order valence-electron chi connectivity index (χ3n) is 3.74. The number of rotatable bonds is 9. The van der Waals surface area contributed by atoms with Gasteiger partial charge in [-0.05, 0) is 32.0 Å². The van der Waals surface area contributed by atoms with Gasteiger partial charge in [-0.1, -0.05) is 18.2 Å². The largest absolute Gasteiger partial charge is 0.490 e. The first-order chi connectivity index (χ1) is 12.5. The van der Waals surface area contributed by atoms with Gasteiger partial charge in [-0.2, -0.15) is 0 Å². The van der Waals surface area contributed by atoms with Crippen molar-refractivity contribution >= 4 is 11.6 Å². The van der Waals surface area contributed by atoms with Crippen LogP contribution in [0.15, 0.2) is 42.5 Å². The van der Waals surface area contributed by atoms with E-state index in [1.54, 1.807) is 36.4 Å². The number of carbonyl (C=O) groups excluding carboxylic acids is 1. The standard InChI is InChI=1S/C20H25FN2O3/c1-4-25-18-11-10-16(12-19(18)26-5-2)22-20(24)14-23(3)13-15-8-6-7-9-17(15)21/h6-12H,4-5,13-14H2,1-3H3,(H,22,24)/p+1. The zero-order valence-electron chi connectivity index (χ0n) is 15.5. The van der Waals surface area contributed by atoms with Gasteiger partial charge in [-0.15, -0.1) is 0 Å². The van der Waals surface area contributed by atoms with E-state index in [1.807, 2.05) is 20.9 Å². The molecule has 5 nitrogen and oxygen atoms in total. The lowest BCUT2D eigenvalue weighted by Crippen LogP contribution is -3.08. The van der Waals surface area contributed by atoms with E-state index in [0.717, 1.165) is 4.90 Å². The summed E-state index contributed by atoms with van der Waals surface area (Å²) < 4.78 is 24.8. The molecule has 0 spiro atoms. The fourth-order valence-electron chi connectivity index (χ4n) is 2.64. The number of nitrogens with one attached hydrogen (secondary N) is 2. The van der Waals surface area contributed by atoms with E-state index >= 15 is 0 Å². The highest BCUT2D eigenvalue weighted by Crippen LogP contribution is 2.30. The summed E-state index contributed by atoms with van der Waals surface area (Å²) in [6.07, 6.45) is 0. The summed E-state index contributed by atoms with van der Waals surface area (Å²) in [6, 6.07) is 11.9. The van der Waals surface area contributed by atoms with Crippen LogP contribution in [-0.4, -0.2) is 32.7 Å². The molecule has 1 atom stereocenters. The first-order valence-electron chi connectivity index (χ1n) is 8.77. The van der Waals surface area contributed by atoms with Crippen LogP contribution in [0.25, 0.3) is 0 Å². The number of quaternary nitrogens is 1. The molecule has 0 saturated carbocycles. The number of hydrogen-bond acceptors (Lipinski definition) is 3. The van der Waals surface area contributed by atoms with E-state index in [-0.39, 0.29) is 18.3 Å². The molecule has 140 valence electrons. The first kappa shape index (κ1) is 19.7. The van der Waals surface area contributed by atoms with Gasteiger partial charge in [0.15, 0.2) is 18.0 Å². The Hall–Kier alpha value is -2.60. The number of hydrogen-bond donors (Lipinski definition) is 2. The minimum atomic E-state index is -0.250. The van der Waals surface area contributed by atoms with Crippen molar-refractivity contribution in [2.75, 3.05) is 32.1 Å². The Kier molecular flexibility index (Phi) is 7.41.